The van der Waals surface area contributed by atoms with E-state index < -0.39 is 0 Å². The zero-order chi connectivity index (χ0) is 19.1. The number of carbonyl (C=O) groups is 2. The molecular formula is C23H25N3O2. The van der Waals surface area contributed by atoms with Gasteiger partial charge < -0.3 is 10.2 Å². The molecule has 5 nitrogen and oxygen atoms in total. The summed E-state index contributed by atoms with van der Waals surface area (Å²) in [5, 5.41) is 5.03. The Morgan fingerprint density at radius 3 is 2.93 bits per heavy atom. The highest BCUT2D eigenvalue weighted by Crippen LogP contribution is 2.48. The highest BCUT2D eigenvalue weighted by molar-refractivity contribution is 6.05. The summed E-state index contributed by atoms with van der Waals surface area (Å²) in [6, 6.07) is 9.75. The van der Waals surface area contributed by atoms with Gasteiger partial charge in [-0.05, 0) is 49.5 Å². The number of hydrogen-bond acceptors (Lipinski definition) is 3. The minimum absolute atomic E-state index is 0.108. The van der Waals surface area contributed by atoms with Gasteiger partial charge in [0.15, 0.2) is 0 Å². The number of fused-ring (bicyclic) bond motifs is 2. The van der Waals surface area contributed by atoms with Crippen molar-refractivity contribution in [3.8, 4) is 0 Å². The van der Waals surface area contributed by atoms with Gasteiger partial charge in [-0.15, -0.1) is 0 Å². The summed E-state index contributed by atoms with van der Waals surface area (Å²) in [5.41, 5.74) is 1.52. The molecule has 1 N–H and O–H groups in total. The molecule has 2 aliphatic carbocycles. The van der Waals surface area contributed by atoms with Crippen molar-refractivity contribution < 1.29 is 9.59 Å². The van der Waals surface area contributed by atoms with Crippen LogP contribution in [0, 0.1) is 11.3 Å². The Kier molecular flexibility index (Phi) is 4.18. The molecule has 1 aliphatic heterocycles. The lowest BCUT2D eigenvalue weighted by Gasteiger charge is -2.42. The Labute approximate surface area is 164 Å². The summed E-state index contributed by atoms with van der Waals surface area (Å²) in [6.45, 7) is 1.42. The van der Waals surface area contributed by atoms with Crippen LogP contribution in [-0.4, -0.2) is 34.8 Å². The van der Waals surface area contributed by atoms with Gasteiger partial charge in [0.25, 0.3) is 5.91 Å². The predicted octanol–water partition coefficient (Wildman–Crippen LogP) is 3.66. The van der Waals surface area contributed by atoms with E-state index in [0.29, 0.717) is 24.6 Å². The largest absolute Gasteiger partial charge is 0.350 e. The summed E-state index contributed by atoms with van der Waals surface area (Å²) in [6.07, 6.45) is 9.75. The molecule has 0 bridgehead atoms. The second-order valence-electron chi connectivity index (χ2n) is 8.42. The van der Waals surface area contributed by atoms with Crippen LogP contribution in [0.1, 0.15) is 49.0 Å². The average Bonchev–Trinajstić information content (AvgIpc) is 3.45. The third kappa shape index (κ3) is 2.99. The van der Waals surface area contributed by atoms with Crippen LogP contribution in [0.25, 0.3) is 10.8 Å². The van der Waals surface area contributed by atoms with Gasteiger partial charge in [-0.25, -0.2) is 0 Å². The lowest BCUT2D eigenvalue weighted by molar-refractivity contribution is -0.133. The van der Waals surface area contributed by atoms with E-state index in [9.17, 15) is 9.59 Å². The number of pyridine rings is 1. The van der Waals surface area contributed by atoms with Crippen LogP contribution in [0.5, 0.6) is 0 Å². The van der Waals surface area contributed by atoms with Crippen molar-refractivity contribution in [1.29, 1.82) is 0 Å². The molecule has 144 valence electrons. The number of nitrogens with zero attached hydrogens (tertiary/aromatic N) is 2. The van der Waals surface area contributed by atoms with Crippen molar-refractivity contribution in [2.45, 2.75) is 38.5 Å². The summed E-state index contributed by atoms with van der Waals surface area (Å²) in [7, 11) is 0. The number of likely N-dealkylation sites (tertiary alicyclic amines) is 1. The normalized spacial score (nSPS) is 24.2. The van der Waals surface area contributed by atoms with Gasteiger partial charge >= 0.3 is 0 Å². The molecule has 2 heterocycles. The molecule has 5 heteroatoms. The molecular weight excluding hydrogens is 350 g/mol. The van der Waals surface area contributed by atoms with Crippen molar-refractivity contribution in [3.63, 3.8) is 0 Å². The van der Waals surface area contributed by atoms with Crippen LogP contribution in [-0.2, 0) is 4.79 Å². The third-order valence-electron chi connectivity index (χ3n) is 6.53. The Morgan fingerprint density at radius 1 is 1.21 bits per heavy atom. The van der Waals surface area contributed by atoms with E-state index in [0.717, 1.165) is 42.3 Å². The highest BCUT2D eigenvalue weighted by atomic mass is 16.2. The van der Waals surface area contributed by atoms with E-state index in [1.165, 1.54) is 12.8 Å². The molecule has 0 spiro atoms. The second kappa shape index (κ2) is 6.73. The fourth-order valence-corrected chi connectivity index (χ4v) is 4.75. The molecule has 1 aromatic carbocycles. The summed E-state index contributed by atoms with van der Waals surface area (Å²) in [4.78, 5) is 31.8. The van der Waals surface area contributed by atoms with E-state index >= 15 is 0 Å². The van der Waals surface area contributed by atoms with Crippen LogP contribution in [0.2, 0.25) is 0 Å². The minimum atomic E-state index is -0.136. The number of nitrogens with one attached hydrogen (secondary N) is 1. The van der Waals surface area contributed by atoms with E-state index in [1.54, 1.807) is 6.20 Å². The molecule has 28 heavy (non-hydrogen) atoms. The summed E-state index contributed by atoms with van der Waals surface area (Å²) >= 11 is 0. The predicted molar refractivity (Wildman–Crippen MR) is 107 cm³/mol. The van der Waals surface area contributed by atoms with Crippen molar-refractivity contribution in [2.24, 2.45) is 11.3 Å². The number of rotatable bonds is 5. The number of hydrogen-bond donors (Lipinski definition) is 1. The summed E-state index contributed by atoms with van der Waals surface area (Å²) in [5.74, 6) is 0.775. The molecule has 2 aromatic rings. The van der Waals surface area contributed by atoms with Gasteiger partial charge in [-0.3, -0.25) is 14.6 Å². The zero-order valence-electron chi connectivity index (χ0n) is 16.0. The summed E-state index contributed by atoms with van der Waals surface area (Å²) < 4.78 is 0. The van der Waals surface area contributed by atoms with Gasteiger partial charge in [0.2, 0.25) is 5.91 Å². The number of benzene rings is 1. The molecule has 3 aliphatic rings. The minimum Gasteiger partial charge on any atom is -0.350 e. The standard InChI is InChI=1S/C23H25N3O2/c27-20-9-12-23(11-3-6-19(23)26(20)14-16-7-8-16)15-25-22(28)21-18-5-2-1-4-17(18)10-13-24-21/h1-2,4-6,10,13,16H,3,7-9,11-12,14-15H2,(H,25,28). The van der Waals surface area contributed by atoms with Gasteiger partial charge in [0.1, 0.15) is 5.69 Å². The Hall–Kier alpha value is -2.69. The first-order chi connectivity index (χ1) is 13.7. The quantitative estimate of drug-likeness (QED) is 0.867. The topological polar surface area (TPSA) is 62.3 Å². The monoisotopic (exact) mass is 375 g/mol. The van der Waals surface area contributed by atoms with Crippen LogP contribution in [0.3, 0.4) is 0 Å². The van der Waals surface area contributed by atoms with Gasteiger partial charge in [0.05, 0.1) is 0 Å². The van der Waals surface area contributed by atoms with Crippen LogP contribution in [0.15, 0.2) is 48.3 Å². The van der Waals surface area contributed by atoms with E-state index in [4.69, 9.17) is 0 Å². The first-order valence-electron chi connectivity index (χ1n) is 10.3. The van der Waals surface area contributed by atoms with E-state index in [2.05, 4.69) is 16.4 Å². The molecule has 1 unspecified atom stereocenters. The van der Waals surface area contributed by atoms with Gasteiger partial charge in [-0.1, -0.05) is 30.3 Å². The average molecular weight is 375 g/mol. The first kappa shape index (κ1) is 17.4. The Bertz CT molecular complexity index is 973. The zero-order valence-corrected chi connectivity index (χ0v) is 16.0. The molecule has 1 saturated carbocycles. The lowest BCUT2D eigenvalue weighted by Crippen LogP contribution is -2.48. The third-order valence-corrected chi connectivity index (χ3v) is 6.53. The fourth-order valence-electron chi connectivity index (χ4n) is 4.75. The second-order valence-corrected chi connectivity index (χ2v) is 8.42. The maximum absolute atomic E-state index is 12.9. The van der Waals surface area contributed by atoms with Gasteiger partial charge in [-0.2, -0.15) is 0 Å². The van der Waals surface area contributed by atoms with Crippen LogP contribution >= 0.6 is 0 Å². The van der Waals surface area contributed by atoms with Crippen molar-refractivity contribution in [3.05, 3.63) is 54.0 Å². The number of amides is 2. The molecule has 2 amide bonds. The molecule has 1 saturated heterocycles. The molecule has 1 aromatic heterocycles. The van der Waals surface area contributed by atoms with Gasteiger partial charge in [0, 0.05) is 42.2 Å². The SMILES string of the molecule is O=C(NCC12CCC=C1N(CC1CC1)C(=O)CC2)c1nccc2ccccc12. The molecule has 0 radical (unpaired) electrons. The van der Waals surface area contributed by atoms with Crippen LogP contribution in [0.4, 0.5) is 0 Å². The number of allylic oxidation sites excluding steroid dienone is 1. The Morgan fingerprint density at radius 2 is 2.07 bits per heavy atom. The number of piperidine rings is 1. The Balaban J connectivity index is 1.36. The van der Waals surface area contributed by atoms with E-state index in [-0.39, 0.29) is 17.2 Å². The molecule has 5 rings (SSSR count). The van der Waals surface area contributed by atoms with Crippen molar-refractivity contribution >= 4 is 22.6 Å². The molecule has 2 fully saturated rings. The van der Waals surface area contributed by atoms with Crippen molar-refractivity contribution in [2.75, 3.05) is 13.1 Å². The number of aromatic nitrogens is 1. The smallest absolute Gasteiger partial charge is 0.270 e. The highest BCUT2D eigenvalue weighted by Gasteiger charge is 2.46. The van der Waals surface area contributed by atoms with Crippen LogP contribution < -0.4 is 5.32 Å². The van der Waals surface area contributed by atoms with Crippen molar-refractivity contribution in [1.82, 2.24) is 15.2 Å². The molecule has 1 atom stereocenters. The van der Waals surface area contributed by atoms with E-state index in [1.807, 2.05) is 35.2 Å². The number of carbonyl (C=O) groups excluding carboxylic acids is 2. The fraction of sp³-hybridized carbons (Fsp3) is 0.435. The maximum atomic E-state index is 12.9. The lowest BCUT2D eigenvalue weighted by atomic mass is 9.76. The maximum Gasteiger partial charge on any atom is 0.270 e. The first-order valence-corrected chi connectivity index (χ1v) is 10.3.